The standard InChI is InChI=1S/C25H27P.HI/c1-4-12-21(13-5-1)20-22-14-10-11-19-25(22)26(23-15-6-2-7-16-23)24-17-8-3-9-18-24;/h2-3,6-11,14-19,21H,1,4-5,12-13,20H2;1H. The zero-order valence-electron chi connectivity index (χ0n) is 15.8. The van der Waals surface area contributed by atoms with Crippen LogP contribution in [-0.4, -0.2) is 0 Å². The fourth-order valence-electron chi connectivity index (χ4n) is 4.19. The van der Waals surface area contributed by atoms with Crippen LogP contribution in [0.2, 0.25) is 0 Å². The van der Waals surface area contributed by atoms with E-state index in [4.69, 9.17) is 0 Å². The summed E-state index contributed by atoms with van der Waals surface area (Å²) >= 11 is 0. The minimum atomic E-state index is -0.494. The van der Waals surface area contributed by atoms with Gasteiger partial charge in [-0.1, -0.05) is 117 Å². The average Bonchev–Trinajstić information content (AvgIpc) is 2.72. The van der Waals surface area contributed by atoms with Gasteiger partial charge in [-0.2, -0.15) is 0 Å². The number of halogens is 1. The molecule has 2 heteroatoms. The Hall–Kier alpha value is -1.18. The first-order valence-electron chi connectivity index (χ1n) is 9.90. The van der Waals surface area contributed by atoms with Gasteiger partial charge in [-0.3, -0.25) is 0 Å². The van der Waals surface area contributed by atoms with E-state index in [1.54, 1.807) is 10.9 Å². The van der Waals surface area contributed by atoms with Crippen molar-refractivity contribution in [2.75, 3.05) is 0 Å². The minimum Gasteiger partial charge on any atom is -0.107 e. The maximum atomic E-state index is 2.38. The zero-order chi connectivity index (χ0) is 17.6. The van der Waals surface area contributed by atoms with E-state index in [0.29, 0.717) is 0 Å². The summed E-state index contributed by atoms with van der Waals surface area (Å²) in [5.74, 6) is 0.869. The number of benzene rings is 3. The van der Waals surface area contributed by atoms with Gasteiger partial charge in [0.05, 0.1) is 0 Å². The van der Waals surface area contributed by atoms with Crippen LogP contribution < -0.4 is 15.9 Å². The first-order valence-corrected chi connectivity index (χ1v) is 11.2. The largest absolute Gasteiger partial charge is 0.107 e. The number of rotatable bonds is 5. The lowest BCUT2D eigenvalue weighted by atomic mass is 9.85. The average molecular weight is 486 g/mol. The Morgan fingerprint density at radius 2 is 1.15 bits per heavy atom. The quantitative estimate of drug-likeness (QED) is 0.298. The molecule has 140 valence electrons. The van der Waals surface area contributed by atoms with E-state index in [9.17, 15) is 0 Å². The summed E-state index contributed by atoms with van der Waals surface area (Å²) in [5, 5.41) is 4.44. The molecule has 0 nitrogen and oxygen atoms in total. The molecule has 0 saturated heterocycles. The van der Waals surface area contributed by atoms with Crippen molar-refractivity contribution in [2.24, 2.45) is 5.92 Å². The fourth-order valence-corrected chi connectivity index (χ4v) is 6.67. The Morgan fingerprint density at radius 3 is 1.74 bits per heavy atom. The van der Waals surface area contributed by atoms with E-state index in [2.05, 4.69) is 84.9 Å². The van der Waals surface area contributed by atoms with Crippen molar-refractivity contribution in [2.45, 2.75) is 38.5 Å². The monoisotopic (exact) mass is 486 g/mol. The molecule has 0 bridgehead atoms. The van der Waals surface area contributed by atoms with E-state index < -0.39 is 7.92 Å². The Kier molecular flexibility index (Phi) is 7.91. The normalized spacial score (nSPS) is 14.7. The van der Waals surface area contributed by atoms with E-state index >= 15 is 0 Å². The van der Waals surface area contributed by atoms with Crippen molar-refractivity contribution >= 4 is 47.8 Å². The lowest BCUT2D eigenvalue weighted by Gasteiger charge is -2.26. The zero-order valence-corrected chi connectivity index (χ0v) is 19.0. The highest BCUT2D eigenvalue weighted by molar-refractivity contribution is 14.0. The molecule has 3 aromatic carbocycles. The third kappa shape index (κ3) is 5.21. The molecule has 0 radical (unpaired) electrons. The molecule has 1 aliphatic rings. The van der Waals surface area contributed by atoms with Crippen LogP contribution in [0.4, 0.5) is 0 Å². The summed E-state index contributed by atoms with van der Waals surface area (Å²) in [6.45, 7) is 0. The summed E-state index contributed by atoms with van der Waals surface area (Å²) in [7, 11) is -0.494. The second kappa shape index (κ2) is 10.4. The molecular formula is C25H28IP. The second-order valence-electron chi connectivity index (χ2n) is 7.34. The van der Waals surface area contributed by atoms with Crippen LogP contribution in [0.25, 0.3) is 0 Å². The first-order chi connectivity index (χ1) is 12.9. The summed E-state index contributed by atoms with van der Waals surface area (Å²) < 4.78 is 0. The van der Waals surface area contributed by atoms with E-state index in [-0.39, 0.29) is 24.0 Å². The molecule has 27 heavy (non-hydrogen) atoms. The van der Waals surface area contributed by atoms with Gasteiger partial charge >= 0.3 is 0 Å². The molecule has 0 N–H and O–H groups in total. The van der Waals surface area contributed by atoms with Gasteiger partial charge < -0.3 is 0 Å². The van der Waals surface area contributed by atoms with Gasteiger partial charge in [0.25, 0.3) is 0 Å². The van der Waals surface area contributed by atoms with Gasteiger partial charge in [-0.05, 0) is 41.7 Å². The third-order valence-electron chi connectivity index (χ3n) is 5.49. The van der Waals surface area contributed by atoms with Crippen molar-refractivity contribution in [3.05, 3.63) is 90.5 Å². The summed E-state index contributed by atoms with van der Waals surface area (Å²) in [6, 6.07) is 31.4. The van der Waals surface area contributed by atoms with Crippen molar-refractivity contribution in [1.82, 2.24) is 0 Å². The molecule has 0 amide bonds. The number of hydrogen-bond acceptors (Lipinski definition) is 0. The van der Waals surface area contributed by atoms with Gasteiger partial charge in [-0.25, -0.2) is 0 Å². The molecule has 0 heterocycles. The molecule has 1 fully saturated rings. The predicted molar refractivity (Wildman–Crippen MR) is 131 cm³/mol. The van der Waals surface area contributed by atoms with Crippen LogP contribution in [0.1, 0.15) is 37.7 Å². The second-order valence-corrected chi connectivity index (χ2v) is 9.53. The van der Waals surface area contributed by atoms with Crippen LogP contribution in [0.3, 0.4) is 0 Å². The fraction of sp³-hybridized carbons (Fsp3) is 0.280. The van der Waals surface area contributed by atoms with Gasteiger partial charge in [0.15, 0.2) is 0 Å². The molecule has 0 spiro atoms. The molecule has 0 aromatic heterocycles. The van der Waals surface area contributed by atoms with Crippen LogP contribution in [0.5, 0.6) is 0 Å². The Labute approximate surface area is 182 Å². The van der Waals surface area contributed by atoms with Crippen molar-refractivity contribution in [3.8, 4) is 0 Å². The Bertz CT molecular complexity index is 770. The SMILES string of the molecule is I.c1ccc(P(c2ccccc2)c2ccccc2CC2CCCCC2)cc1. The highest BCUT2D eigenvalue weighted by atomic mass is 127. The molecule has 0 atom stereocenters. The third-order valence-corrected chi connectivity index (χ3v) is 8.04. The summed E-state index contributed by atoms with van der Waals surface area (Å²) in [4.78, 5) is 0. The van der Waals surface area contributed by atoms with Crippen molar-refractivity contribution in [1.29, 1.82) is 0 Å². The first kappa shape index (κ1) is 20.6. The number of hydrogen-bond donors (Lipinski definition) is 0. The predicted octanol–water partition coefficient (Wildman–Crippen LogP) is 6.19. The molecule has 0 unspecified atom stereocenters. The maximum Gasteiger partial charge on any atom is -0.0119 e. The maximum absolute atomic E-state index is 2.38. The summed E-state index contributed by atoms with van der Waals surface area (Å²) in [6.07, 6.45) is 8.32. The molecule has 4 rings (SSSR count). The lowest BCUT2D eigenvalue weighted by Crippen LogP contribution is -2.24. The van der Waals surface area contributed by atoms with Crippen LogP contribution in [0.15, 0.2) is 84.9 Å². The van der Waals surface area contributed by atoms with Crippen molar-refractivity contribution in [3.63, 3.8) is 0 Å². The molecule has 1 saturated carbocycles. The molecule has 3 aromatic rings. The van der Waals surface area contributed by atoms with Gasteiger partial charge in [-0.15, -0.1) is 24.0 Å². The summed E-state index contributed by atoms with van der Waals surface area (Å²) in [5.41, 5.74) is 1.57. The van der Waals surface area contributed by atoms with Gasteiger partial charge in [0.1, 0.15) is 0 Å². The van der Waals surface area contributed by atoms with E-state index in [1.165, 1.54) is 49.1 Å². The van der Waals surface area contributed by atoms with E-state index in [0.717, 1.165) is 5.92 Å². The topological polar surface area (TPSA) is 0 Å². The minimum absolute atomic E-state index is 0. The molecule has 0 aliphatic heterocycles. The van der Waals surface area contributed by atoms with Crippen molar-refractivity contribution < 1.29 is 0 Å². The molecular weight excluding hydrogens is 458 g/mol. The van der Waals surface area contributed by atoms with Gasteiger partial charge in [0, 0.05) is 0 Å². The highest BCUT2D eigenvalue weighted by Crippen LogP contribution is 2.35. The highest BCUT2D eigenvalue weighted by Gasteiger charge is 2.21. The van der Waals surface area contributed by atoms with Gasteiger partial charge in [0.2, 0.25) is 0 Å². The van der Waals surface area contributed by atoms with Crippen LogP contribution >= 0.6 is 31.9 Å². The van der Waals surface area contributed by atoms with E-state index in [1.807, 2.05) is 0 Å². The molecule has 1 aliphatic carbocycles. The lowest BCUT2D eigenvalue weighted by molar-refractivity contribution is 0.357. The van der Waals surface area contributed by atoms with Crippen LogP contribution in [-0.2, 0) is 6.42 Å². The Morgan fingerprint density at radius 1 is 0.630 bits per heavy atom. The smallest absolute Gasteiger partial charge is 0.0119 e. The van der Waals surface area contributed by atoms with Crippen LogP contribution in [0, 0.1) is 5.92 Å². The Balaban J connectivity index is 0.00000210.